The molecule has 0 aliphatic heterocycles. The average molecular weight is 523 g/mol. The van der Waals surface area contributed by atoms with Gasteiger partial charge in [-0.25, -0.2) is 0 Å². The number of allylic oxidation sites excluding steroid dienone is 24. The Balaban J connectivity index is 4.60. The summed E-state index contributed by atoms with van der Waals surface area (Å²) in [5, 5.41) is 0. The minimum atomic E-state index is -0.118. The van der Waals surface area contributed by atoms with E-state index in [0.29, 0.717) is 0 Å². The highest BCUT2D eigenvalue weighted by Crippen LogP contribution is 1.94. The zero-order valence-electron chi connectivity index (χ0n) is 23.5. The molecular weight excluding hydrogens is 488 g/mol. The summed E-state index contributed by atoms with van der Waals surface area (Å²) in [4.78, 5) is 23.3. The molecule has 0 fully saturated rings. The molecular formula is C38H34O2. The van der Waals surface area contributed by atoms with Crippen LogP contribution >= 0.6 is 0 Å². The predicted molar refractivity (Wildman–Crippen MR) is 171 cm³/mol. The van der Waals surface area contributed by atoms with Crippen LogP contribution in [-0.4, -0.2) is 11.6 Å². The van der Waals surface area contributed by atoms with E-state index in [1.165, 1.54) is 24.3 Å². The Hall–Kier alpha value is -5.54. The Morgan fingerprint density at radius 3 is 1.10 bits per heavy atom. The molecule has 0 rings (SSSR count). The van der Waals surface area contributed by atoms with E-state index in [2.05, 4.69) is 35.5 Å². The van der Waals surface area contributed by atoms with Gasteiger partial charge in [-0.1, -0.05) is 121 Å². The lowest BCUT2D eigenvalue weighted by Crippen LogP contribution is -1.83. The fraction of sp³-hybridized carbons (Fsp3) is 0.105. The Labute approximate surface area is 240 Å². The smallest absolute Gasteiger partial charge is 0.178 e. The maximum Gasteiger partial charge on any atom is 0.178 e. The number of carbonyl (C=O) groups is 2. The van der Waals surface area contributed by atoms with Crippen molar-refractivity contribution in [2.75, 3.05) is 0 Å². The zero-order chi connectivity index (χ0) is 29.8. The van der Waals surface area contributed by atoms with Crippen LogP contribution in [0.25, 0.3) is 0 Å². The molecule has 198 valence electrons. The maximum atomic E-state index is 11.7. The second-order valence-corrected chi connectivity index (χ2v) is 7.97. The molecule has 0 bridgehead atoms. The van der Waals surface area contributed by atoms with Crippen LogP contribution in [0, 0.1) is 48.4 Å². The molecule has 40 heavy (non-hydrogen) atoms. The van der Waals surface area contributed by atoms with E-state index in [1.807, 2.05) is 62.5 Å². The van der Waals surface area contributed by atoms with E-state index in [1.54, 1.807) is 62.5 Å². The van der Waals surface area contributed by atoms with Gasteiger partial charge in [-0.3, -0.25) is 9.59 Å². The molecule has 0 amide bonds. The number of terminal acetylenes is 2. The van der Waals surface area contributed by atoms with E-state index in [-0.39, 0.29) is 11.6 Å². The molecule has 0 aliphatic rings. The zero-order valence-corrected chi connectivity index (χ0v) is 23.5. The summed E-state index contributed by atoms with van der Waals surface area (Å²) >= 11 is 0. The van der Waals surface area contributed by atoms with E-state index in [0.717, 1.165) is 22.3 Å². The van der Waals surface area contributed by atoms with Gasteiger partial charge >= 0.3 is 0 Å². The Kier molecular flexibility index (Phi) is 20.5. The molecule has 0 unspecified atom stereocenters. The van der Waals surface area contributed by atoms with Crippen molar-refractivity contribution < 1.29 is 9.59 Å². The molecule has 0 aromatic carbocycles. The summed E-state index contributed by atoms with van der Waals surface area (Å²) in [5.41, 5.74) is 3.26. The first-order valence-corrected chi connectivity index (χ1v) is 12.4. The van der Waals surface area contributed by atoms with Gasteiger partial charge in [0.15, 0.2) is 11.6 Å². The van der Waals surface area contributed by atoms with Crippen molar-refractivity contribution in [3.05, 3.63) is 144 Å². The van der Waals surface area contributed by atoms with Crippen molar-refractivity contribution >= 4 is 11.6 Å². The largest absolute Gasteiger partial charge is 0.290 e. The lowest BCUT2D eigenvalue weighted by Gasteiger charge is -1.83. The standard InChI is InChI=1S/C38H34O2/c1-7-33(3)27-21-31-37(39)29-17-13-9-11-15-23-35(5)25-19-20-26-36(6)24-16-12-10-14-18-30-38(40)32-22-28-34(4)8-2/h1-2,9-18,21-24,27-32H,3-6H3/b13-9+,14-10+,15-11+,16-12+,29-17+,30-18+,31-21+,32-22+,33-27-,34-28-,35-23-,36-24-. The van der Waals surface area contributed by atoms with Crippen LogP contribution in [0.15, 0.2) is 144 Å². The molecule has 0 aromatic heterocycles. The molecule has 0 radical (unpaired) electrons. The topological polar surface area (TPSA) is 34.1 Å². The van der Waals surface area contributed by atoms with Crippen molar-refractivity contribution in [2.45, 2.75) is 27.7 Å². The van der Waals surface area contributed by atoms with Crippen LogP contribution in [0.1, 0.15) is 27.7 Å². The summed E-state index contributed by atoms with van der Waals surface area (Å²) < 4.78 is 0. The number of ketones is 2. The Morgan fingerprint density at radius 2 is 0.725 bits per heavy atom. The molecule has 2 nitrogen and oxygen atoms in total. The SMILES string of the molecule is C#C/C(C)=C\C=C\C(=O)/C=C/C=C/C=C/C=C(/C)C#CC#C\C(C)=C/C=C/C=C/C=C/C(=O)/C=C/C=C(/C)C#C. The highest BCUT2D eigenvalue weighted by atomic mass is 16.1. The fourth-order valence-corrected chi connectivity index (χ4v) is 2.21. The second kappa shape index (κ2) is 23.8. The lowest BCUT2D eigenvalue weighted by atomic mass is 10.2. The minimum Gasteiger partial charge on any atom is -0.290 e. The van der Waals surface area contributed by atoms with Crippen molar-refractivity contribution in [2.24, 2.45) is 0 Å². The predicted octanol–water partition coefficient (Wildman–Crippen LogP) is 7.63. The van der Waals surface area contributed by atoms with Crippen LogP contribution in [0.3, 0.4) is 0 Å². The van der Waals surface area contributed by atoms with Crippen LogP contribution in [0.5, 0.6) is 0 Å². The number of hydrogen-bond donors (Lipinski definition) is 0. The van der Waals surface area contributed by atoms with Crippen LogP contribution < -0.4 is 0 Å². The van der Waals surface area contributed by atoms with Gasteiger partial charge < -0.3 is 0 Å². The summed E-state index contributed by atoms with van der Waals surface area (Å²) in [6, 6.07) is 0. The normalized spacial score (nSPS) is 13.6. The third kappa shape index (κ3) is 22.9. The highest BCUT2D eigenvalue weighted by molar-refractivity contribution is 5.99. The second-order valence-electron chi connectivity index (χ2n) is 7.97. The van der Waals surface area contributed by atoms with Gasteiger partial charge in [0.25, 0.3) is 0 Å². The van der Waals surface area contributed by atoms with E-state index < -0.39 is 0 Å². The summed E-state index contributed by atoms with van der Waals surface area (Å²) in [7, 11) is 0. The summed E-state index contributed by atoms with van der Waals surface area (Å²) in [5.74, 6) is 16.3. The van der Waals surface area contributed by atoms with Gasteiger partial charge in [-0.15, -0.1) is 12.8 Å². The van der Waals surface area contributed by atoms with Gasteiger partial charge in [-0.05, 0) is 86.1 Å². The van der Waals surface area contributed by atoms with Gasteiger partial charge in [0.05, 0.1) is 0 Å². The molecule has 0 spiro atoms. The van der Waals surface area contributed by atoms with Crippen molar-refractivity contribution in [1.29, 1.82) is 0 Å². The van der Waals surface area contributed by atoms with Crippen molar-refractivity contribution in [1.82, 2.24) is 0 Å². The molecule has 2 heteroatoms. The van der Waals surface area contributed by atoms with Crippen LogP contribution in [-0.2, 0) is 9.59 Å². The molecule has 0 N–H and O–H groups in total. The first-order valence-electron chi connectivity index (χ1n) is 12.4. The fourth-order valence-electron chi connectivity index (χ4n) is 2.21. The van der Waals surface area contributed by atoms with E-state index in [9.17, 15) is 9.59 Å². The minimum absolute atomic E-state index is 0.118. The van der Waals surface area contributed by atoms with Gasteiger partial charge in [0, 0.05) is 0 Å². The van der Waals surface area contributed by atoms with Gasteiger partial charge in [0.1, 0.15) is 0 Å². The lowest BCUT2D eigenvalue weighted by molar-refractivity contribution is -0.111. The van der Waals surface area contributed by atoms with Crippen LogP contribution in [0.2, 0.25) is 0 Å². The molecule has 0 saturated heterocycles. The molecule has 0 aliphatic carbocycles. The van der Waals surface area contributed by atoms with E-state index in [4.69, 9.17) is 12.8 Å². The number of carbonyl (C=O) groups excluding carboxylic acids is 2. The third-order valence-electron chi connectivity index (χ3n) is 4.35. The molecule has 0 atom stereocenters. The van der Waals surface area contributed by atoms with Crippen molar-refractivity contribution in [3.63, 3.8) is 0 Å². The quantitative estimate of drug-likeness (QED) is 0.150. The molecule has 0 heterocycles. The molecule has 0 saturated carbocycles. The average Bonchev–Trinajstić information content (AvgIpc) is 2.93. The molecule has 0 aromatic rings. The number of rotatable bonds is 12. The third-order valence-corrected chi connectivity index (χ3v) is 4.35. The number of hydrogen-bond acceptors (Lipinski definition) is 2. The van der Waals surface area contributed by atoms with Crippen molar-refractivity contribution in [3.8, 4) is 48.4 Å². The first-order chi connectivity index (χ1) is 19.3. The van der Waals surface area contributed by atoms with E-state index >= 15 is 0 Å². The highest BCUT2D eigenvalue weighted by Gasteiger charge is 1.86. The Bertz CT molecular complexity index is 1340. The van der Waals surface area contributed by atoms with Crippen LogP contribution in [0.4, 0.5) is 0 Å². The first kappa shape index (κ1) is 34.5. The summed E-state index contributed by atoms with van der Waals surface area (Å²) in [6.45, 7) is 7.39. The van der Waals surface area contributed by atoms with Gasteiger partial charge in [0.2, 0.25) is 0 Å². The Morgan fingerprint density at radius 1 is 0.425 bits per heavy atom. The van der Waals surface area contributed by atoms with Gasteiger partial charge in [-0.2, -0.15) is 0 Å². The summed E-state index contributed by atoms with van der Waals surface area (Å²) in [6.07, 6.45) is 44.7. The maximum absolute atomic E-state index is 11.7. The monoisotopic (exact) mass is 522 g/mol.